The van der Waals surface area contributed by atoms with Crippen molar-refractivity contribution in [2.45, 2.75) is 25.2 Å². The summed E-state index contributed by atoms with van der Waals surface area (Å²) in [4.78, 5) is 11.5. The van der Waals surface area contributed by atoms with E-state index in [0.717, 1.165) is 29.8 Å². The molecular formula is C22H28N2O2S2. The average molecular weight is 417 g/mol. The Bertz CT molecular complexity index is 789. The zero-order valence-electron chi connectivity index (χ0n) is 16.4. The maximum atomic E-state index is 10.2. The van der Waals surface area contributed by atoms with E-state index in [1.54, 1.807) is 11.8 Å². The minimum Gasteiger partial charge on any atom is -0.394 e. The van der Waals surface area contributed by atoms with Crippen LogP contribution in [0.3, 0.4) is 0 Å². The molecule has 0 aliphatic heterocycles. The van der Waals surface area contributed by atoms with Crippen LogP contribution in [0.25, 0.3) is 0 Å². The molecule has 0 aromatic heterocycles. The van der Waals surface area contributed by atoms with Gasteiger partial charge in [-0.25, -0.2) is 0 Å². The van der Waals surface area contributed by atoms with Gasteiger partial charge in [-0.3, -0.25) is 4.79 Å². The molecule has 6 heteroatoms. The molecule has 28 heavy (non-hydrogen) atoms. The Balaban J connectivity index is 0.000000416. The molecule has 4 nitrogen and oxygen atoms in total. The lowest BCUT2D eigenvalue weighted by Gasteiger charge is -2.10. The van der Waals surface area contributed by atoms with Gasteiger partial charge in [-0.05, 0) is 49.2 Å². The zero-order valence-corrected chi connectivity index (χ0v) is 18.0. The van der Waals surface area contributed by atoms with Crippen LogP contribution < -0.4 is 11.1 Å². The molecule has 0 bridgehead atoms. The first-order chi connectivity index (χ1) is 13.3. The molecule has 0 heterocycles. The molecule has 150 valence electrons. The van der Waals surface area contributed by atoms with Gasteiger partial charge in [0.2, 0.25) is 5.12 Å². The lowest BCUT2D eigenvalue weighted by atomic mass is 10.1. The van der Waals surface area contributed by atoms with Crippen LogP contribution in [0, 0.1) is 13.8 Å². The Morgan fingerprint density at radius 1 is 1.11 bits per heavy atom. The predicted molar refractivity (Wildman–Crippen MR) is 122 cm³/mol. The van der Waals surface area contributed by atoms with Crippen LogP contribution in [0.15, 0.2) is 76.6 Å². The van der Waals surface area contributed by atoms with Gasteiger partial charge in [-0.15, -0.1) is 0 Å². The summed E-state index contributed by atoms with van der Waals surface area (Å²) in [6.07, 6.45) is 1.02. The summed E-state index contributed by atoms with van der Waals surface area (Å²) >= 11 is 2.45. The first kappa shape index (κ1) is 23.9. The second kappa shape index (κ2) is 13.1. The normalized spacial score (nSPS) is 9.82. The second-order valence-electron chi connectivity index (χ2n) is 6.05. The van der Waals surface area contributed by atoms with E-state index in [4.69, 9.17) is 10.8 Å². The third-order valence-corrected chi connectivity index (χ3v) is 5.24. The fourth-order valence-electron chi connectivity index (χ4n) is 2.12. The van der Waals surface area contributed by atoms with Gasteiger partial charge in [0.15, 0.2) is 0 Å². The van der Waals surface area contributed by atoms with Gasteiger partial charge in [-0.1, -0.05) is 72.9 Å². The third kappa shape index (κ3) is 10.3. The van der Waals surface area contributed by atoms with E-state index in [0.29, 0.717) is 0 Å². The standard InChI is InChI=1S/C18H21NS.C4H7NO2S/c1-14-8-10-17(11-9-14)12-13-19-16(3)20-18-7-5-4-6-15(18)2;1-3(5)8-4(7)2-6/h4-11,19H,3,12-13H2,1-2H3;6H,1-2,5H2. The Morgan fingerprint density at radius 2 is 1.75 bits per heavy atom. The number of hydrogen-bond acceptors (Lipinski definition) is 6. The van der Waals surface area contributed by atoms with Crippen molar-refractivity contribution >= 4 is 28.6 Å². The molecule has 0 aliphatic carbocycles. The monoisotopic (exact) mass is 416 g/mol. The maximum Gasteiger partial charge on any atom is 0.220 e. The van der Waals surface area contributed by atoms with Crippen molar-refractivity contribution in [3.05, 3.63) is 88.4 Å². The van der Waals surface area contributed by atoms with Crippen LogP contribution in [0.1, 0.15) is 16.7 Å². The first-order valence-electron chi connectivity index (χ1n) is 8.79. The van der Waals surface area contributed by atoms with Gasteiger partial charge in [-0.2, -0.15) is 0 Å². The Morgan fingerprint density at radius 3 is 2.29 bits per heavy atom. The number of aliphatic hydroxyl groups is 1. The van der Waals surface area contributed by atoms with Crippen molar-refractivity contribution in [1.82, 2.24) is 5.32 Å². The lowest BCUT2D eigenvalue weighted by Crippen LogP contribution is -2.14. The average Bonchev–Trinajstić information content (AvgIpc) is 2.65. The van der Waals surface area contributed by atoms with Gasteiger partial charge in [0.1, 0.15) is 6.61 Å². The highest BCUT2D eigenvalue weighted by Crippen LogP contribution is 2.26. The van der Waals surface area contributed by atoms with Crippen LogP contribution in [0.2, 0.25) is 0 Å². The molecule has 2 aromatic rings. The number of carbonyl (C=O) groups excluding carboxylic acids is 1. The summed E-state index contributed by atoms with van der Waals surface area (Å²) in [6, 6.07) is 17.1. The van der Waals surface area contributed by atoms with Crippen LogP contribution >= 0.6 is 23.5 Å². The third-order valence-electron chi connectivity index (χ3n) is 3.56. The van der Waals surface area contributed by atoms with Crippen molar-refractivity contribution in [2.75, 3.05) is 13.2 Å². The molecule has 0 aliphatic rings. The molecule has 0 radical (unpaired) electrons. The summed E-state index contributed by atoms with van der Waals surface area (Å²) < 4.78 is 0. The number of thioether (sulfide) groups is 2. The molecule has 0 saturated carbocycles. The van der Waals surface area contributed by atoms with Crippen LogP contribution in [-0.4, -0.2) is 23.4 Å². The summed E-state index contributed by atoms with van der Waals surface area (Å²) in [5.41, 5.74) is 8.96. The van der Waals surface area contributed by atoms with Gasteiger partial charge in [0.05, 0.1) is 10.1 Å². The second-order valence-corrected chi connectivity index (χ2v) is 8.37. The smallest absolute Gasteiger partial charge is 0.220 e. The molecule has 0 spiro atoms. The fraction of sp³-hybridized carbons (Fsp3) is 0.227. The van der Waals surface area contributed by atoms with E-state index in [9.17, 15) is 4.79 Å². The molecule has 0 atom stereocenters. The number of aryl methyl sites for hydroxylation is 2. The molecule has 2 aromatic carbocycles. The Hall–Kier alpha value is -2.15. The van der Waals surface area contributed by atoms with E-state index < -0.39 is 6.61 Å². The summed E-state index contributed by atoms with van der Waals surface area (Å²) in [5.74, 6) is 0. The largest absolute Gasteiger partial charge is 0.394 e. The maximum absolute atomic E-state index is 10.2. The van der Waals surface area contributed by atoms with Gasteiger partial charge in [0, 0.05) is 11.4 Å². The van der Waals surface area contributed by atoms with Crippen LogP contribution in [0.5, 0.6) is 0 Å². The highest BCUT2D eigenvalue weighted by molar-refractivity contribution is 8.16. The topological polar surface area (TPSA) is 75.4 Å². The Labute approximate surface area is 176 Å². The lowest BCUT2D eigenvalue weighted by molar-refractivity contribution is -0.113. The predicted octanol–water partition coefficient (Wildman–Crippen LogP) is 4.37. The zero-order chi connectivity index (χ0) is 20.9. The molecule has 0 saturated heterocycles. The molecule has 4 N–H and O–H groups in total. The number of nitrogens with two attached hydrogens (primary N) is 1. The van der Waals surface area contributed by atoms with E-state index >= 15 is 0 Å². The van der Waals surface area contributed by atoms with Crippen molar-refractivity contribution < 1.29 is 9.90 Å². The van der Waals surface area contributed by atoms with Crippen LogP contribution in [0.4, 0.5) is 0 Å². The van der Waals surface area contributed by atoms with E-state index in [-0.39, 0.29) is 10.1 Å². The van der Waals surface area contributed by atoms with E-state index in [2.05, 4.69) is 80.9 Å². The molecule has 2 rings (SSSR count). The van der Waals surface area contributed by atoms with Crippen molar-refractivity contribution in [2.24, 2.45) is 5.73 Å². The number of carbonyl (C=O) groups is 1. The number of rotatable bonds is 8. The summed E-state index contributed by atoms with van der Waals surface area (Å²) in [7, 11) is 0. The minimum atomic E-state index is -0.485. The summed E-state index contributed by atoms with van der Waals surface area (Å²) in [5, 5.41) is 12.3. The molecule has 0 unspecified atom stereocenters. The minimum absolute atomic E-state index is 0.212. The number of benzene rings is 2. The summed E-state index contributed by atoms with van der Waals surface area (Å²) in [6.45, 7) is 12.0. The number of hydrogen-bond donors (Lipinski definition) is 3. The van der Waals surface area contributed by atoms with Crippen molar-refractivity contribution in [1.29, 1.82) is 0 Å². The number of nitrogens with one attached hydrogen (secondary N) is 1. The van der Waals surface area contributed by atoms with Crippen LogP contribution in [-0.2, 0) is 11.2 Å². The highest BCUT2D eigenvalue weighted by atomic mass is 32.2. The first-order valence-corrected chi connectivity index (χ1v) is 10.4. The fourth-order valence-corrected chi connectivity index (χ4v) is 3.29. The van der Waals surface area contributed by atoms with E-state index in [1.807, 2.05) is 0 Å². The SMILES string of the molecule is C=C(N)SC(=O)CO.C=C(NCCc1ccc(C)cc1)Sc1ccccc1C. The van der Waals surface area contributed by atoms with E-state index in [1.165, 1.54) is 21.6 Å². The van der Waals surface area contributed by atoms with Gasteiger partial charge >= 0.3 is 0 Å². The number of aliphatic hydroxyl groups excluding tert-OH is 1. The Kier molecular flexibility index (Phi) is 11.2. The van der Waals surface area contributed by atoms with Crippen molar-refractivity contribution in [3.8, 4) is 0 Å². The highest BCUT2D eigenvalue weighted by Gasteiger charge is 2.01. The quantitative estimate of drug-likeness (QED) is 0.555. The molecule has 0 fully saturated rings. The molecule has 0 amide bonds. The molecular weight excluding hydrogens is 388 g/mol. The van der Waals surface area contributed by atoms with Gasteiger partial charge < -0.3 is 16.2 Å². The van der Waals surface area contributed by atoms with Gasteiger partial charge in [0.25, 0.3) is 0 Å². The van der Waals surface area contributed by atoms with Crippen molar-refractivity contribution in [3.63, 3.8) is 0 Å².